The van der Waals surface area contributed by atoms with E-state index in [0.29, 0.717) is 11.9 Å². The first-order chi connectivity index (χ1) is 22.6. The van der Waals surface area contributed by atoms with E-state index in [-0.39, 0.29) is 18.0 Å². The molecule has 2 atom stereocenters. The number of nitrogens with zero attached hydrogens (tertiary/aromatic N) is 5. The summed E-state index contributed by atoms with van der Waals surface area (Å²) in [6, 6.07) is 15.5. The molecule has 47 heavy (non-hydrogen) atoms. The van der Waals surface area contributed by atoms with Gasteiger partial charge in [-0.1, -0.05) is 31.5 Å². The fourth-order valence-corrected chi connectivity index (χ4v) is 7.79. The zero-order chi connectivity index (χ0) is 33.0. The van der Waals surface area contributed by atoms with Gasteiger partial charge in [-0.2, -0.15) is 0 Å². The van der Waals surface area contributed by atoms with Gasteiger partial charge in [0.2, 0.25) is 5.91 Å². The van der Waals surface area contributed by atoms with Crippen molar-refractivity contribution in [2.75, 3.05) is 30.4 Å². The number of aromatic nitrogens is 3. The Morgan fingerprint density at radius 2 is 1.81 bits per heavy atom. The van der Waals surface area contributed by atoms with Gasteiger partial charge in [-0.05, 0) is 115 Å². The third-order valence-electron chi connectivity index (χ3n) is 11.1. The number of fused-ring (bicyclic) bond motifs is 2. The Hall–Kier alpha value is -3.79. The Morgan fingerprint density at radius 1 is 1.04 bits per heavy atom. The van der Waals surface area contributed by atoms with Gasteiger partial charge in [0.1, 0.15) is 11.7 Å². The number of aliphatic hydroxyl groups excluding tert-OH is 1. The number of hydrogen-bond acceptors (Lipinski definition) is 7. The van der Waals surface area contributed by atoms with Crippen molar-refractivity contribution in [3.63, 3.8) is 0 Å². The van der Waals surface area contributed by atoms with Crippen molar-refractivity contribution in [3.8, 4) is 11.3 Å². The number of likely N-dealkylation sites (tertiary alicyclic amines) is 1. The predicted molar refractivity (Wildman–Crippen MR) is 189 cm³/mol. The number of rotatable bonds is 9. The third-order valence-corrected chi connectivity index (χ3v) is 11.1. The highest BCUT2D eigenvalue weighted by molar-refractivity contribution is 6.08. The quantitative estimate of drug-likeness (QED) is 0.171. The van der Waals surface area contributed by atoms with Gasteiger partial charge in [-0.15, -0.1) is 0 Å². The molecule has 3 N–H and O–H groups in total. The monoisotopic (exact) mass is 635 g/mol. The zero-order valence-electron chi connectivity index (χ0n) is 28.7. The number of amides is 1. The summed E-state index contributed by atoms with van der Waals surface area (Å²) in [6.45, 7) is 12.9. The minimum absolute atomic E-state index is 0.198. The number of piperidine rings is 1. The van der Waals surface area contributed by atoms with Crippen molar-refractivity contribution in [2.45, 2.75) is 103 Å². The van der Waals surface area contributed by atoms with Crippen LogP contribution in [0.2, 0.25) is 0 Å². The molecule has 7 rings (SSSR count). The summed E-state index contributed by atoms with van der Waals surface area (Å²) in [6.07, 6.45) is 8.08. The standard InChI is InChI=1S/C38H49N7O2/c1-7-24(3)44-22-40-32-21-31(42-35(34(32)44)41-26-13-11-23(2)29(18-26)36(46)39-6)25-12-14-30-33(17-25)45(37(47)38(30,4)5)28-19-27(20-28)43-15-9-8-10-16-43/h11-14,17-18,21-22,24,27-28,36,39,46H,7-10,15-16,19-20H2,1-6H3,(H,41,42)/t24-,27?,28?,36?/m0/s1. The van der Waals surface area contributed by atoms with E-state index in [1.807, 2.05) is 31.5 Å². The summed E-state index contributed by atoms with van der Waals surface area (Å²) in [7, 11) is 1.74. The van der Waals surface area contributed by atoms with E-state index >= 15 is 0 Å². The van der Waals surface area contributed by atoms with Crippen LogP contribution in [0.1, 0.15) is 95.2 Å². The molecule has 9 nitrogen and oxygen atoms in total. The van der Waals surface area contributed by atoms with E-state index in [1.54, 1.807) is 7.05 Å². The molecule has 2 aliphatic heterocycles. The molecule has 2 aromatic heterocycles. The summed E-state index contributed by atoms with van der Waals surface area (Å²) in [5.41, 5.74) is 7.75. The highest BCUT2D eigenvalue weighted by Crippen LogP contribution is 2.48. The second kappa shape index (κ2) is 12.3. The van der Waals surface area contributed by atoms with Crippen molar-refractivity contribution in [2.24, 2.45) is 0 Å². The van der Waals surface area contributed by atoms with Crippen LogP contribution in [0.25, 0.3) is 22.3 Å². The van der Waals surface area contributed by atoms with Gasteiger partial charge in [0.25, 0.3) is 0 Å². The fraction of sp³-hybridized carbons (Fsp3) is 0.500. The molecular weight excluding hydrogens is 586 g/mol. The normalized spacial score (nSPS) is 22.3. The first kappa shape index (κ1) is 31.8. The predicted octanol–water partition coefficient (Wildman–Crippen LogP) is 6.97. The molecule has 0 radical (unpaired) electrons. The Kier molecular flexibility index (Phi) is 8.35. The Morgan fingerprint density at radius 3 is 2.53 bits per heavy atom. The van der Waals surface area contributed by atoms with Gasteiger partial charge >= 0.3 is 0 Å². The molecule has 3 aliphatic rings. The van der Waals surface area contributed by atoms with Crippen LogP contribution in [0.15, 0.2) is 48.8 Å². The Labute approximate surface area is 278 Å². The van der Waals surface area contributed by atoms with Gasteiger partial charge in [0.05, 0.1) is 23.0 Å². The molecule has 4 aromatic rings. The number of nitrogens with one attached hydrogen (secondary N) is 2. The van der Waals surface area contributed by atoms with Gasteiger partial charge in [0.15, 0.2) is 5.82 Å². The van der Waals surface area contributed by atoms with Crippen molar-refractivity contribution in [3.05, 3.63) is 65.5 Å². The van der Waals surface area contributed by atoms with Crippen molar-refractivity contribution in [1.29, 1.82) is 0 Å². The van der Waals surface area contributed by atoms with Gasteiger partial charge in [-0.25, -0.2) is 9.97 Å². The molecular formula is C38H49N7O2. The van der Waals surface area contributed by atoms with Crippen LogP contribution >= 0.6 is 0 Å². The van der Waals surface area contributed by atoms with E-state index in [9.17, 15) is 9.90 Å². The average molecular weight is 636 g/mol. The second-order valence-corrected chi connectivity index (χ2v) is 14.4. The van der Waals surface area contributed by atoms with Crippen LogP contribution < -0.4 is 15.5 Å². The molecule has 1 aliphatic carbocycles. The second-order valence-electron chi connectivity index (χ2n) is 14.4. The number of imidazole rings is 1. The van der Waals surface area contributed by atoms with Crippen LogP contribution in [-0.2, 0) is 10.2 Å². The first-order valence-corrected chi connectivity index (χ1v) is 17.4. The molecule has 1 unspecified atom stereocenters. The number of carbonyl (C=O) groups excluding carboxylic acids is 1. The lowest BCUT2D eigenvalue weighted by Crippen LogP contribution is -2.57. The smallest absolute Gasteiger partial charge is 0.237 e. The van der Waals surface area contributed by atoms with E-state index in [0.717, 1.165) is 69.6 Å². The highest BCUT2D eigenvalue weighted by atomic mass is 16.3. The number of hydrogen-bond donors (Lipinski definition) is 3. The van der Waals surface area contributed by atoms with Crippen molar-refractivity contribution < 1.29 is 9.90 Å². The molecule has 248 valence electrons. The zero-order valence-corrected chi connectivity index (χ0v) is 28.7. The summed E-state index contributed by atoms with van der Waals surface area (Å²) < 4.78 is 2.19. The number of anilines is 3. The maximum absolute atomic E-state index is 13.9. The topological polar surface area (TPSA) is 98.6 Å². The van der Waals surface area contributed by atoms with Crippen LogP contribution in [-0.4, -0.2) is 62.7 Å². The lowest BCUT2D eigenvalue weighted by atomic mass is 9.82. The largest absolute Gasteiger partial charge is 0.374 e. The van der Waals surface area contributed by atoms with Gasteiger partial charge in [-0.3, -0.25) is 10.1 Å². The first-order valence-electron chi connectivity index (χ1n) is 17.4. The molecule has 1 amide bonds. The minimum Gasteiger partial charge on any atom is -0.374 e. The lowest BCUT2D eigenvalue weighted by Gasteiger charge is -2.48. The molecule has 0 bridgehead atoms. The van der Waals surface area contributed by atoms with Crippen LogP contribution in [0.5, 0.6) is 0 Å². The molecule has 0 spiro atoms. The number of aryl methyl sites for hydroxylation is 1. The van der Waals surface area contributed by atoms with E-state index in [4.69, 9.17) is 9.97 Å². The minimum atomic E-state index is -0.770. The molecule has 4 heterocycles. The molecule has 1 saturated heterocycles. The summed E-state index contributed by atoms with van der Waals surface area (Å²) in [5, 5.41) is 17.1. The van der Waals surface area contributed by atoms with Gasteiger partial charge < -0.3 is 24.8 Å². The van der Waals surface area contributed by atoms with E-state index in [2.05, 4.69) is 77.0 Å². The lowest BCUT2D eigenvalue weighted by molar-refractivity contribution is -0.123. The SMILES string of the molecule is CC[C@H](C)n1cnc2cc(-c3ccc4c(c3)N(C3CC(N5CCCCC5)C3)C(=O)C4(C)C)nc(Nc3ccc(C)c(C(O)NC)c3)c21. The summed E-state index contributed by atoms with van der Waals surface area (Å²) in [5.74, 6) is 0.907. The molecule has 9 heteroatoms. The molecule has 1 saturated carbocycles. The summed E-state index contributed by atoms with van der Waals surface area (Å²) in [4.78, 5) is 28.8. The maximum Gasteiger partial charge on any atom is 0.237 e. The Bertz CT molecular complexity index is 1800. The number of benzene rings is 2. The van der Waals surface area contributed by atoms with Gasteiger partial charge in [0, 0.05) is 40.6 Å². The average Bonchev–Trinajstić information content (AvgIpc) is 3.58. The van der Waals surface area contributed by atoms with Crippen LogP contribution in [0.3, 0.4) is 0 Å². The number of pyridine rings is 1. The third kappa shape index (κ3) is 5.52. The molecule has 2 fully saturated rings. The molecule has 2 aromatic carbocycles. The maximum atomic E-state index is 13.9. The fourth-order valence-electron chi connectivity index (χ4n) is 7.79. The summed E-state index contributed by atoms with van der Waals surface area (Å²) >= 11 is 0. The van der Waals surface area contributed by atoms with Crippen molar-refractivity contribution >= 4 is 34.1 Å². The van der Waals surface area contributed by atoms with Crippen LogP contribution in [0.4, 0.5) is 17.2 Å². The Balaban J connectivity index is 1.27. The van der Waals surface area contributed by atoms with E-state index in [1.165, 1.54) is 32.4 Å². The van der Waals surface area contributed by atoms with Crippen molar-refractivity contribution in [1.82, 2.24) is 24.8 Å². The highest BCUT2D eigenvalue weighted by Gasteiger charge is 2.50. The number of aliphatic hydroxyl groups is 1. The van der Waals surface area contributed by atoms with E-state index < -0.39 is 11.6 Å². The number of carbonyl (C=O) groups is 1. The van der Waals surface area contributed by atoms with Crippen LogP contribution in [0, 0.1) is 6.92 Å².